The first kappa shape index (κ1) is 17.3. The number of amides is 1. The number of aromatic nitrogens is 1. The maximum absolute atomic E-state index is 13.3. The Morgan fingerprint density at radius 1 is 1.27 bits per heavy atom. The Balaban J connectivity index is 1.83. The summed E-state index contributed by atoms with van der Waals surface area (Å²) in [7, 11) is 1.32. The number of ether oxygens (including phenoxy) is 1. The van der Waals surface area contributed by atoms with Crippen LogP contribution in [0.15, 0.2) is 23.0 Å². The van der Waals surface area contributed by atoms with Crippen molar-refractivity contribution in [2.75, 3.05) is 13.7 Å². The molecule has 0 unspecified atom stereocenters. The third-order valence-electron chi connectivity index (χ3n) is 6.35. The maximum atomic E-state index is 13.3. The third-order valence-corrected chi connectivity index (χ3v) is 6.35. The molecule has 2 fully saturated rings. The molecule has 1 saturated carbocycles. The minimum atomic E-state index is -0.657. The van der Waals surface area contributed by atoms with Crippen molar-refractivity contribution in [3.63, 3.8) is 0 Å². The fourth-order valence-electron chi connectivity index (χ4n) is 5.14. The van der Waals surface area contributed by atoms with Crippen molar-refractivity contribution >= 4 is 11.9 Å². The number of hydrogen-bond donors (Lipinski definition) is 1. The summed E-state index contributed by atoms with van der Waals surface area (Å²) in [6.45, 7) is 0.0841. The predicted octanol–water partition coefficient (Wildman–Crippen LogP) is 0.702. The Labute approximate surface area is 151 Å². The number of methoxy groups -OCH3 is 1. The van der Waals surface area contributed by atoms with Gasteiger partial charge in [-0.3, -0.25) is 14.4 Å². The molecule has 0 radical (unpaired) electrons. The van der Waals surface area contributed by atoms with E-state index in [0.29, 0.717) is 12.2 Å². The topological polar surface area (TPSA) is 88.8 Å². The molecular weight excluding hydrogens is 336 g/mol. The van der Waals surface area contributed by atoms with Crippen LogP contribution in [0.3, 0.4) is 0 Å². The molecule has 3 heterocycles. The number of pyridine rings is 1. The number of rotatable bonds is 3. The van der Waals surface area contributed by atoms with Crippen LogP contribution >= 0.6 is 0 Å². The lowest BCUT2D eigenvalue weighted by Gasteiger charge is -2.39. The van der Waals surface area contributed by atoms with E-state index in [1.54, 1.807) is 21.6 Å². The number of nitrogens with zero attached hydrogens (tertiary/aromatic N) is 2. The highest BCUT2D eigenvalue weighted by atomic mass is 16.5. The zero-order valence-electron chi connectivity index (χ0n) is 14.8. The largest absolute Gasteiger partial charge is 0.469 e. The second kappa shape index (κ2) is 6.54. The Hall–Kier alpha value is -2.15. The molecule has 1 aliphatic carbocycles. The van der Waals surface area contributed by atoms with Crippen molar-refractivity contribution in [1.29, 1.82) is 0 Å². The van der Waals surface area contributed by atoms with E-state index in [1.807, 2.05) is 0 Å². The van der Waals surface area contributed by atoms with Crippen molar-refractivity contribution in [3.8, 4) is 0 Å². The number of aliphatic hydroxyl groups excluding tert-OH is 1. The summed E-state index contributed by atoms with van der Waals surface area (Å²) in [5.41, 5.74) is 0.513. The first-order valence-corrected chi connectivity index (χ1v) is 9.29. The number of carbonyl (C=O) groups excluding carboxylic acids is 2. The standard InChI is InChI=1S/C19H24N2O5/c1-26-19(25)16-12(10-22)14-9-20-13(7-4-8-15(20)23)17(16)21(14)18(24)11-5-2-3-6-11/h4,7-8,11-12,14,16-17,22H,2-3,5-6,9-10H2,1H3/t12-,14-,16+,17+/m0/s1. The number of hydrogen-bond acceptors (Lipinski definition) is 5. The quantitative estimate of drug-likeness (QED) is 0.802. The van der Waals surface area contributed by atoms with Gasteiger partial charge in [-0.15, -0.1) is 0 Å². The Morgan fingerprint density at radius 3 is 2.65 bits per heavy atom. The van der Waals surface area contributed by atoms with Crippen molar-refractivity contribution in [3.05, 3.63) is 34.2 Å². The summed E-state index contributed by atoms with van der Waals surface area (Å²) in [6.07, 6.45) is 3.81. The van der Waals surface area contributed by atoms with Crippen LogP contribution in [-0.4, -0.2) is 46.2 Å². The molecule has 3 aliphatic rings. The molecule has 0 aromatic carbocycles. The van der Waals surface area contributed by atoms with E-state index in [2.05, 4.69) is 0 Å². The van der Waals surface area contributed by atoms with E-state index in [4.69, 9.17) is 4.74 Å². The molecule has 0 spiro atoms. The second-order valence-electron chi connectivity index (χ2n) is 7.53. The molecule has 1 amide bonds. The van der Waals surface area contributed by atoms with E-state index in [9.17, 15) is 19.5 Å². The molecule has 140 valence electrons. The van der Waals surface area contributed by atoms with Crippen molar-refractivity contribution in [2.45, 2.75) is 44.3 Å². The zero-order valence-corrected chi connectivity index (χ0v) is 14.8. The molecule has 1 aromatic heterocycles. The number of esters is 1. The molecule has 2 bridgehead atoms. The molecule has 1 aromatic rings. The van der Waals surface area contributed by atoms with Crippen LogP contribution in [0.1, 0.15) is 37.4 Å². The van der Waals surface area contributed by atoms with Crippen LogP contribution in [0.5, 0.6) is 0 Å². The van der Waals surface area contributed by atoms with Crippen LogP contribution in [0.2, 0.25) is 0 Å². The highest BCUT2D eigenvalue weighted by Crippen LogP contribution is 2.49. The minimum absolute atomic E-state index is 0.0299. The molecule has 1 saturated heterocycles. The normalized spacial score (nSPS) is 30.3. The molecule has 2 aliphatic heterocycles. The van der Waals surface area contributed by atoms with Crippen LogP contribution in [0.25, 0.3) is 0 Å². The summed E-state index contributed by atoms with van der Waals surface area (Å²) in [4.78, 5) is 40.0. The molecule has 26 heavy (non-hydrogen) atoms. The highest BCUT2D eigenvalue weighted by molar-refractivity contribution is 5.83. The van der Waals surface area contributed by atoms with Gasteiger partial charge in [0.2, 0.25) is 5.91 Å². The Morgan fingerprint density at radius 2 is 2.00 bits per heavy atom. The van der Waals surface area contributed by atoms with E-state index in [0.717, 1.165) is 25.7 Å². The fraction of sp³-hybridized carbons (Fsp3) is 0.632. The van der Waals surface area contributed by atoms with Crippen LogP contribution in [0.4, 0.5) is 0 Å². The number of aliphatic hydroxyl groups is 1. The van der Waals surface area contributed by atoms with Gasteiger partial charge in [-0.25, -0.2) is 0 Å². The van der Waals surface area contributed by atoms with Crippen molar-refractivity contribution < 1.29 is 19.4 Å². The lowest BCUT2D eigenvalue weighted by Crippen LogP contribution is -2.50. The van der Waals surface area contributed by atoms with Gasteiger partial charge in [-0.05, 0) is 18.9 Å². The fourth-order valence-corrected chi connectivity index (χ4v) is 5.14. The van der Waals surface area contributed by atoms with E-state index in [1.165, 1.54) is 13.2 Å². The van der Waals surface area contributed by atoms with Crippen molar-refractivity contribution in [1.82, 2.24) is 9.47 Å². The predicted molar refractivity (Wildman–Crippen MR) is 92.1 cm³/mol. The van der Waals surface area contributed by atoms with Gasteiger partial charge in [-0.2, -0.15) is 0 Å². The lowest BCUT2D eigenvalue weighted by molar-refractivity contribution is -0.149. The van der Waals surface area contributed by atoms with Gasteiger partial charge in [0.1, 0.15) is 0 Å². The molecule has 4 atom stereocenters. The first-order chi connectivity index (χ1) is 12.6. The number of fused-ring (bicyclic) bond motifs is 4. The van der Waals surface area contributed by atoms with Crippen LogP contribution in [-0.2, 0) is 20.9 Å². The van der Waals surface area contributed by atoms with Crippen molar-refractivity contribution in [2.24, 2.45) is 17.8 Å². The van der Waals surface area contributed by atoms with Gasteiger partial charge in [0.15, 0.2) is 0 Å². The summed E-state index contributed by atoms with van der Waals surface area (Å²) < 4.78 is 6.64. The monoisotopic (exact) mass is 360 g/mol. The van der Waals surface area contributed by atoms with Gasteiger partial charge in [0, 0.05) is 36.7 Å². The second-order valence-corrected chi connectivity index (χ2v) is 7.53. The van der Waals surface area contributed by atoms with Gasteiger partial charge in [0.25, 0.3) is 5.56 Å². The average molecular weight is 360 g/mol. The van der Waals surface area contributed by atoms with E-state index in [-0.39, 0.29) is 30.0 Å². The first-order valence-electron chi connectivity index (χ1n) is 9.29. The van der Waals surface area contributed by atoms with E-state index >= 15 is 0 Å². The molecule has 4 rings (SSSR count). The van der Waals surface area contributed by atoms with Gasteiger partial charge in [0.05, 0.1) is 25.1 Å². The molecule has 1 N–H and O–H groups in total. The van der Waals surface area contributed by atoms with E-state index < -0.39 is 23.8 Å². The zero-order chi connectivity index (χ0) is 18.4. The van der Waals surface area contributed by atoms with Crippen LogP contribution in [0, 0.1) is 17.8 Å². The minimum Gasteiger partial charge on any atom is -0.469 e. The van der Waals surface area contributed by atoms with Gasteiger partial charge < -0.3 is 19.3 Å². The highest BCUT2D eigenvalue weighted by Gasteiger charge is 2.58. The maximum Gasteiger partial charge on any atom is 0.311 e. The SMILES string of the molecule is COC(=O)[C@@H]1[C@@H](CO)[C@@H]2Cn3c(cccc3=O)[C@H]1N2C(=O)C1CCCC1. The summed E-state index contributed by atoms with van der Waals surface area (Å²) in [6, 6.07) is 4.02. The average Bonchev–Trinajstić information content (AvgIpc) is 3.26. The van der Waals surface area contributed by atoms with Crippen LogP contribution < -0.4 is 5.56 Å². The molecule has 7 heteroatoms. The molecular formula is C19H24N2O5. The molecule has 7 nitrogen and oxygen atoms in total. The summed E-state index contributed by atoms with van der Waals surface area (Å²) >= 11 is 0. The van der Waals surface area contributed by atoms with Gasteiger partial charge in [-0.1, -0.05) is 18.9 Å². The third kappa shape index (κ3) is 2.40. The number of carbonyl (C=O) groups is 2. The smallest absolute Gasteiger partial charge is 0.311 e. The Kier molecular flexibility index (Phi) is 4.34. The van der Waals surface area contributed by atoms with Gasteiger partial charge >= 0.3 is 5.97 Å². The summed E-state index contributed by atoms with van der Waals surface area (Å²) in [5.74, 6) is -1.51. The Bertz CT molecular complexity index is 782. The lowest BCUT2D eigenvalue weighted by atomic mass is 9.87. The summed E-state index contributed by atoms with van der Waals surface area (Å²) in [5, 5.41) is 10.0.